The van der Waals surface area contributed by atoms with Crippen LogP contribution in [0.3, 0.4) is 0 Å². The van der Waals surface area contributed by atoms with Crippen molar-refractivity contribution >= 4 is 0 Å². The Morgan fingerprint density at radius 3 is 1.25 bits per heavy atom. The predicted molar refractivity (Wildman–Crippen MR) is 4.86 cm³/mol. The van der Waals surface area contributed by atoms with Gasteiger partial charge in [-0.05, 0) is 0 Å². The molecule has 0 aliphatic rings. The summed E-state index contributed by atoms with van der Waals surface area (Å²) in [5.41, 5.74) is 0. The molecular formula is N2Ti2. The molecule has 0 saturated carbocycles. The van der Waals surface area contributed by atoms with Crippen molar-refractivity contribution in [3.63, 3.8) is 0 Å². The predicted octanol–water partition coefficient (Wildman–Crippen LogP) is 0.362. The molecular weight excluding hydrogens is 124 g/mol. The normalized spacial score (nSPS) is 8.50. The van der Waals surface area contributed by atoms with Crippen LogP contribution in [0.5, 0.6) is 0 Å². The summed E-state index contributed by atoms with van der Waals surface area (Å²) >= 11 is 3.28. The summed E-state index contributed by atoms with van der Waals surface area (Å²) in [6.07, 6.45) is 0. The van der Waals surface area contributed by atoms with Gasteiger partial charge in [0, 0.05) is 0 Å². The summed E-state index contributed by atoms with van der Waals surface area (Å²) in [4.78, 5) is 0. The fourth-order valence-corrected chi connectivity index (χ4v) is 0. The second-order valence-corrected chi connectivity index (χ2v) is 0.825. The van der Waals surface area contributed by atoms with Crippen LogP contribution in [0.4, 0.5) is 0 Å². The molecule has 0 aromatic rings. The average molecular weight is 124 g/mol. The van der Waals surface area contributed by atoms with Gasteiger partial charge in [-0.15, -0.1) is 0 Å². The molecule has 0 aromatic carbocycles. The van der Waals surface area contributed by atoms with Gasteiger partial charge in [-0.1, -0.05) is 0 Å². The SMILES string of the molecule is [Ti][N]=[N][Ti]. The van der Waals surface area contributed by atoms with E-state index >= 15 is 0 Å². The second kappa shape index (κ2) is 4.03. The van der Waals surface area contributed by atoms with Crippen molar-refractivity contribution in [3.05, 3.63) is 0 Å². The average Bonchev–Trinajstić information content (AvgIpc) is 1.37. The molecule has 0 amide bonds. The molecule has 0 fully saturated rings. The van der Waals surface area contributed by atoms with Gasteiger partial charge in [0.15, 0.2) is 0 Å². The van der Waals surface area contributed by atoms with Gasteiger partial charge in [0.05, 0.1) is 0 Å². The molecule has 0 unspecified atom stereocenters. The quantitative estimate of drug-likeness (QED) is 0.329. The van der Waals surface area contributed by atoms with Crippen LogP contribution >= 0.6 is 0 Å². The van der Waals surface area contributed by atoms with Crippen LogP contribution in [0.15, 0.2) is 7.19 Å². The van der Waals surface area contributed by atoms with Gasteiger partial charge in [-0.3, -0.25) is 0 Å². The van der Waals surface area contributed by atoms with Gasteiger partial charge in [-0.25, -0.2) is 0 Å². The Labute approximate surface area is 48.5 Å². The zero-order chi connectivity index (χ0) is 3.41. The van der Waals surface area contributed by atoms with Crippen LogP contribution in [-0.4, -0.2) is 0 Å². The first-order chi connectivity index (χ1) is 1.91. The molecule has 4 heteroatoms. The zero-order valence-electron chi connectivity index (χ0n) is 1.89. The van der Waals surface area contributed by atoms with E-state index in [9.17, 15) is 0 Å². The van der Waals surface area contributed by atoms with Crippen molar-refractivity contribution < 1.29 is 41.4 Å². The molecule has 0 bridgehead atoms. The third-order valence-electron chi connectivity index (χ3n) is 0.0500. The van der Waals surface area contributed by atoms with E-state index in [1.54, 1.807) is 41.4 Å². The Balaban J connectivity index is 2.55. The fourth-order valence-electron chi connectivity index (χ4n) is 0. The molecule has 0 atom stereocenters. The van der Waals surface area contributed by atoms with E-state index in [0.717, 1.165) is 0 Å². The van der Waals surface area contributed by atoms with Crippen molar-refractivity contribution in [2.45, 2.75) is 0 Å². The third kappa shape index (κ3) is 3.03. The number of rotatable bonds is 0. The van der Waals surface area contributed by atoms with Crippen molar-refractivity contribution in [2.24, 2.45) is 7.19 Å². The summed E-state index contributed by atoms with van der Waals surface area (Å²) in [6.45, 7) is 0. The molecule has 0 rings (SSSR count). The van der Waals surface area contributed by atoms with Gasteiger partial charge in [0.25, 0.3) is 0 Å². The third-order valence-corrected chi connectivity index (χ3v) is 0.850. The van der Waals surface area contributed by atoms with Gasteiger partial charge in [0.2, 0.25) is 0 Å². The molecule has 0 N–H and O–H groups in total. The minimum absolute atomic E-state index is 1.64. The van der Waals surface area contributed by atoms with E-state index < -0.39 is 0 Å². The number of nitrogens with zero attached hydrogens (tertiary/aromatic N) is 2. The zero-order valence-corrected chi connectivity index (χ0v) is 5.02. The number of hydrogen-bond donors (Lipinski definition) is 0. The van der Waals surface area contributed by atoms with Crippen LogP contribution in [0.2, 0.25) is 0 Å². The molecule has 4 heavy (non-hydrogen) atoms. The first-order valence-corrected chi connectivity index (χ1v) is 2.04. The van der Waals surface area contributed by atoms with E-state index in [0.29, 0.717) is 0 Å². The Hall–Kier alpha value is 1.03. The van der Waals surface area contributed by atoms with Gasteiger partial charge >= 0.3 is 48.6 Å². The maximum absolute atomic E-state index is 3.36. The molecule has 2 nitrogen and oxygen atoms in total. The topological polar surface area (TPSA) is 24.7 Å². The second-order valence-electron chi connectivity index (χ2n) is 0.200. The Morgan fingerprint density at radius 2 is 1.25 bits per heavy atom. The van der Waals surface area contributed by atoms with E-state index in [4.69, 9.17) is 0 Å². The molecule has 0 spiro atoms. The Kier molecular flexibility index (Phi) is 5.06. The van der Waals surface area contributed by atoms with Gasteiger partial charge in [-0.2, -0.15) is 0 Å². The summed E-state index contributed by atoms with van der Waals surface area (Å²) in [5.74, 6) is 0. The summed E-state index contributed by atoms with van der Waals surface area (Å²) in [6, 6.07) is 0. The molecule has 18 valence electrons. The monoisotopic (exact) mass is 124 g/mol. The Bertz CT molecular complexity index is 19.2. The summed E-state index contributed by atoms with van der Waals surface area (Å²) < 4.78 is 6.72. The van der Waals surface area contributed by atoms with Crippen LogP contribution in [-0.2, 0) is 41.4 Å². The molecule has 0 aliphatic carbocycles. The molecule has 0 heterocycles. The summed E-state index contributed by atoms with van der Waals surface area (Å²) in [5, 5.41) is 0. The molecule has 0 aliphatic heterocycles. The van der Waals surface area contributed by atoms with Crippen molar-refractivity contribution in [2.75, 3.05) is 0 Å². The van der Waals surface area contributed by atoms with Gasteiger partial charge < -0.3 is 0 Å². The van der Waals surface area contributed by atoms with E-state index in [1.165, 1.54) is 0 Å². The van der Waals surface area contributed by atoms with Crippen LogP contribution < -0.4 is 0 Å². The van der Waals surface area contributed by atoms with Crippen molar-refractivity contribution in [1.29, 1.82) is 0 Å². The Morgan fingerprint density at radius 1 is 1.00 bits per heavy atom. The van der Waals surface area contributed by atoms with E-state index in [2.05, 4.69) is 7.19 Å². The first kappa shape index (κ1) is 5.03. The fraction of sp³-hybridized carbons (Fsp3) is 0. The minimum atomic E-state index is 1.64. The van der Waals surface area contributed by atoms with Crippen molar-refractivity contribution in [1.82, 2.24) is 0 Å². The maximum atomic E-state index is 3.36. The van der Waals surface area contributed by atoms with E-state index in [1.807, 2.05) is 0 Å². The molecule has 0 radical (unpaired) electrons. The number of hydrogen-bond acceptors (Lipinski definition) is 2. The molecule has 0 saturated heterocycles. The summed E-state index contributed by atoms with van der Waals surface area (Å²) in [7, 11) is 0. The van der Waals surface area contributed by atoms with Crippen LogP contribution in [0.25, 0.3) is 0 Å². The standard InChI is InChI=1S/N2.2Ti/c1-2;;/q-2;2*+1. The van der Waals surface area contributed by atoms with E-state index in [-0.39, 0.29) is 0 Å². The van der Waals surface area contributed by atoms with Crippen molar-refractivity contribution in [3.8, 4) is 0 Å². The van der Waals surface area contributed by atoms with Crippen LogP contribution in [0.1, 0.15) is 0 Å². The molecule has 0 aromatic heterocycles. The van der Waals surface area contributed by atoms with Gasteiger partial charge in [0.1, 0.15) is 0 Å². The first-order valence-electron chi connectivity index (χ1n) is 0.647. The van der Waals surface area contributed by atoms with Crippen LogP contribution in [0, 0.1) is 0 Å².